The summed E-state index contributed by atoms with van der Waals surface area (Å²) in [6, 6.07) is 32.2. The fourth-order valence-electron chi connectivity index (χ4n) is 4.33. The lowest BCUT2D eigenvalue weighted by molar-refractivity contribution is 0.584. The van der Waals surface area contributed by atoms with E-state index in [0.717, 1.165) is 44.8 Å². The molecule has 2 aromatic heterocycles. The summed E-state index contributed by atoms with van der Waals surface area (Å²) < 4.78 is 11.9. The molecule has 0 fully saturated rings. The van der Waals surface area contributed by atoms with E-state index in [1.807, 2.05) is 135 Å². The van der Waals surface area contributed by atoms with E-state index in [2.05, 4.69) is 20.4 Å². The Morgan fingerprint density at radius 1 is 0.350 bits per heavy atom. The largest absolute Gasteiger partial charge is 0.416 e. The number of rotatable bonds is 7. The second-order valence-corrected chi connectivity index (χ2v) is 9.86. The van der Waals surface area contributed by atoms with Gasteiger partial charge in [-0.3, -0.25) is 0 Å². The van der Waals surface area contributed by atoms with Crippen molar-refractivity contribution in [2.75, 3.05) is 38.0 Å². The fraction of sp³-hybridized carbons (Fsp3) is 0.125. The summed E-state index contributed by atoms with van der Waals surface area (Å²) in [7, 11) is 8.03. The Hall–Kier alpha value is -5.24. The van der Waals surface area contributed by atoms with E-state index < -0.39 is 0 Å². The van der Waals surface area contributed by atoms with Crippen LogP contribution in [0.3, 0.4) is 0 Å². The van der Waals surface area contributed by atoms with Gasteiger partial charge in [-0.05, 0) is 83.9 Å². The number of anilines is 2. The molecule has 0 saturated carbocycles. The minimum atomic E-state index is 0.483. The average Bonchev–Trinajstić information content (AvgIpc) is 3.69. The van der Waals surface area contributed by atoms with Crippen LogP contribution in [0.1, 0.15) is 0 Å². The molecule has 0 radical (unpaired) electrons. The van der Waals surface area contributed by atoms with Gasteiger partial charge in [-0.1, -0.05) is 24.3 Å². The molecular formula is C32H28N6O2. The van der Waals surface area contributed by atoms with Gasteiger partial charge in [0.15, 0.2) is 0 Å². The lowest BCUT2D eigenvalue weighted by atomic mass is 10.0. The molecule has 4 aromatic carbocycles. The minimum Gasteiger partial charge on any atom is -0.416 e. The topological polar surface area (TPSA) is 84.3 Å². The highest BCUT2D eigenvalue weighted by Crippen LogP contribution is 2.30. The molecule has 0 saturated heterocycles. The van der Waals surface area contributed by atoms with Gasteiger partial charge in [-0.15, -0.1) is 20.4 Å². The lowest BCUT2D eigenvalue weighted by Crippen LogP contribution is -2.07. The summed E-state index contributed by atoms with van der Waals surface area (Å²) in [4.78, 5) is 4.09. The monoisotopic (exact) mass is 528 g/mol. The van der Waals surface area contributed by atoms with Gasteiger partial charge in [-0.2, -0.15) is 0 Å². The predicted molar refractivity (Wildman–Crippen MR) is 158 cm³/mol. The van der Waals surface area contributed by atoms with E-state index in [4.69, 9.17) is 8.83 Å². The Labute approximate surface area is 232 Å². The van der Waals surface area contributed by atoms with Crippen LogP contribution in [-0.4, -0.2) is 48.6 Å². The molecule has 0 aliphatic heterocycles. The summed E-state index contributed by atoms with van der Waals surface area (Å²) in [5, 5.41) is 17.0. The van der Waals surface area contributed by atoms with Crippen molar-refractivity contribution in [3.05, 3.63) is 97.1 Å². The molecular weight excluding hydrogens is 500 g/mol. The second kappa shape index (κ2) is 10.5. The van der Waals surface area contributed by atoms with Crippen molar-refractivity contribution in [3.8, 4) is 56.9 Å². The van der Waals surface area contributed by atoms with Crippen LogP contribution in [0, 0.1) is 0 Å². The van der Waals surface area contributed by atoms with Gasteiger partial charge < -0.3 is 18.6 Å². The quantitative estimate of drug-likeness (QED) is 0.221. The van der Waals surface area contributed by atoms with Crippen LogP contribution in [0.4, 0.5) is 11.4 Å². The zero-order valence-electron chi connectivity index (χ0n) is 22.7. The summed E-state index contributed by atoms with van der Waals surface area (Å²) in [6.45, 7) is 0. The molecule has 40 heavy (non-hydrogen) atoms. The molecule has 0 N–H and O–H groups in total. The van der Waals surface area contributed by atoms with Crippen molar-refractivity contribution < 1.29 is 8.83 Å². The van der Waals surface area contributed by atoms with Crippen molar-refractivity contribution in [1.29, 1.82) is 0 Å². The number of benzene rings is 4. The van der Waals surface area contributed by atoms with Gasteiger partial charge in [0.05, 0.1) is 0 Å². The van der Waals surface area contributed by atoms with Gasteiger partial charge in [0, 0.05) is 61.8 Å². The first-order chi connectivity index (χ1) is 19.4. The van der Waals surface area contributed by atoms with Crippen LogP contribution < -0.4 is 9.80 Å². The van der Waals surface area contributed by atoms with Crippen LogP contribution in [0.2, 0.25) is 0 Å². The highest BCUT2D eigenvalue weighted by Gasteiger charge is 2.13. The Bertz CT molecular complexity index is 1590. The lowest BCUT2D eigenvalue weighted by Gasteiger charge is -2.11. The second-order valence-electron chi connectivity index (χ2n) is 9.86. The Morgan fingerprint density at radius 3 is 0.825 bits per heavy atom. The fourth-order valence-corrected chi connectivity index (χ4v) is 4.33. The maximum absolute atomic E-state index is 5.96. The van der Waals surface area contributed by atoms with E-state index >= 15 is 0 Å². The highest BCUT2D eigenvalue weighted by atomic mass is 16.4. The number of aromatic nitrogens is 4. The number of nitrogens with zero attached hydrogens (tertiary/aromatic N) is 6. The minimum absolute atomic E-state index is 0.483. The molecule has 0 spiro atoms. The molecule has 0 aliphatic rings. The van der Waals surface area contributed by atoms with E-state index in [1.165, 1.54) is 0 Å². The number of hydrogen-bond acceptors (Lipinski definition) is 8. The van der Waals surface area contributed by atoms with Crippen molar-refractivity contribution in [3.63, 3.8) is 0 Å². The Morgan fingerprint density at radius 2 is 0.575 bits per heavy atom. The summed E-state index contributed by atoms with van der Waals surface area (Å²) in [5.41, 5.74) is 7.86. The van der Waals surface area contributed by atoms with E-state index in [-0.39, 0.29) is 0 Å². The highest BCUT2D eigenvalue weighted by molar-refractivity contribution is 5.70. The maximum atomic E-state index is 5.96. The molecule has 0 aliphatic carbocycles. The molecule has 0 bridgehead atoms. The van der Waals surface area contributed by atoms with Gasteiger partial charge in [-0.25, -0.2) is 0 Å². The van der Waals surface area contributed by atoms with Crippen LogP contribution >= 0.6 is 0 Å². The smallest absolute Gasteiger partial charge is 0.248 e. The Balaban J connectivity index is 1.15. The van der Waals surface area contributed by atoms with Crippen molar-refractivity contribution in [1.82, 2.24) is 20.4 Å². The standard InChI is InChI=1S/C32H28N6O2/c1-37(2)27-17-13-25(14-18-27)31-35-33-29(39-31)23-9-5-21(6-10-23)22-7-11-24(12-8-22)30-34-36-32(40-30)26-15-19-28(20-16-26)38(3)4/h5-20H,1-4H3. The first-order valence-electron chi connectivity index (χ1n) is 12.9. The van der Waals surface area contributed by atoms with Crippen LogP contribution in [0.15, 0.2) is 106 Å². The molecule has 0 unspecified atom stereocenters. The normalized spacial score (nSPS) is 11.0. The third kappa shape index (κ3) is 5.07. The van der Waals surface area contributed by atoms with Gasteiger partial charge in [0.1, 0.15) is 0 Å². The molecule has 2 heterocycles. The molecule has 0 amide bonds. The first-order valence-corrected chi connectivity index (χ1v) is 12.9. The molecule has 198 valence electrons. The van der Waals surface area contributed by atoms with E-state index in [9.17, 15) is 0 Å². The van der Waals surface area contributed by atoms with Gasteiger partial charge >= 0.3 is 0 Å². The van der Waals surface area contributed by atoms with Crippen molar-refractivity contribution in [2.45, 2.75) is 0 Å². The van der Waals surface area contributed by atoms with Crippen LogP contribution in [-0.2, 0) is 0 Å². The average molecular weight is 529 g/mol. The molecule has 6 rings (SSSR count). The zero-order valence-corrected chi connectivity index (χ0v) is 22.7. The summed E-state index contributed by atoms with van der Waals surface area (Å²) in [5.74, 6) is 1.96. The predicted octanol–water partition coefficient (Wildman–Crippen LogP) is 6.92. The van der Waals surface area contributed by atoms with Gasteiger partial charge in [0.2, 0.25) is 23.6 Å². The molecule has 8 heteroatoms. The van der Waals surface area contributed by atoms with E-state index in [1.54, 1.807) is 0 Å². The van der Waals surface area contributed by atoms with Crippen molar-refractivity contribution in [2.24, 2.45) is 0 Å². The van der Waals surface area contributed by atoms with E-state index in [0.29, 0.717) is 23.6 Å². The number of hydrogen-bond donors (Lipinski definition) is 0. The third-order valence-electron chi connectivity index (χ3n) is 6.71. The first kappa shape index (κ1) is 25.1. The van der Waals surface area contributed by atoms with Gasteiger partial charge in [0.25, 0.3) is 0 Å². The van der Waals surface area contributed by atoms with Crippen LogP contribution in [0.25, 0.3) is 56.9 Å². The molecule has 8 nitrogen and oxygen atoms in total. The molecule has 6 aromatic rings. The summed E-state index contributed by atoms with van der Waals surface area (Å²) >= 11 is 0. The third-order valence-corrected chi connectivity index (χ3v) is 6.71. The summed E-state index contributed by atoms with van der Waals surface area (Å²) in [6.07, 6.45) is 0. The molecule has 0 atom stereocenters. The Kier molecular flexibility index (Phi) is 6.57. The maximum Gasteiger partial charge on any atom is 0.248 e. The van der Waals surface area contributed by atoms with Crippen LogP contribution in [0.5, 0.6) is 0 Å². The van der Waals surface area contributed by atoms with Crippen molar-refractivity contribution >= 4 is 11.4 Å². The SMILES string of the molecule is CN(C)c1ccc(-c2nnc(-c3ccc(-c4ccc(-c5nnc(-c6ccc(N(C)C)cc6)o5)cc4)cc3)o2)cc1. The zero-order chi connectivity index (χ0) is 27.6.